The van der Waals surface area contributed by atoms with Crippen LogP contribution in [0.4, 0.5) is 0 Å². The lowest BCUT2D eigenvalue weighted by Gasteiger charge is -1.94. The number of hydrogen-bond acceptors (Lipinski definition) is 2. The van der Waals surface area contributed by atoms with Gasteiger partial charge in [-0.15, -0.1) is 0 Å². The molecule has 0 saturated carbocycles. The van der Waals surface area contributed by atoms with E-state index >= 15 is 0 Å². The molecule has 0 fully saturated rings. The minimum Gasteiger partial charge on any atom is -0.396 e. The SMILES string of the molecule is CC(=CCCO)CCO. The molecule has 2 nitrogen and oxygen atoms in total. The standard InChI is InChI=1S/C7H14O2/c1-7(4-6-9)3-2-5-8/h3,8-9H,2,4-6H2,1H3. The summed E-state index contributed by atoms with van der Waals surface area (Å²) in [5, 5.41) is 16.8. The lowest BCUT2D eigenvalue weighted by molar-refractivity contribution is 0.295. The molecule has 2 heteroatoms. The Bertz CT molecular complexity index is 86.9. The molecule has 0 unspecified atom stereocenters. The van der Waals surface area contributed by atoms with Crippen molar-refractivity contribution < 1.29 is 10.2 Å². The maximum absolute atomic E-state index is 8.43. The van der Waals surface area contributed by atoms with E-state index in [0.29, 0.717) is 6.42 Å². The summed E-state index contributed by atoms with van der Waals surface area (Å²) in [6.45, 7) is 2.35. The van der Waals surface area contributed by atoms with Gasteiger partial charge in [0.25, 0.3) is 0 Å². The summed E-state index contributed by atoms with van der Waals surface area (Å²) in [6, 6.07) is 0. The molecule has 0 aliphatic carbocycles. The number of aliphatic hydroxyl groups is 2. The zero-order valence-corrected chi connectivity index (χ0v) is 5.80. The van der Waals surface area contributed by atoms with Gasteiger partial charge in [-0.2, -0.15) is 0 Å². The van der Waals surface area contributed by atoms with E-state index < -0.39 is 0 Å². The van der Waals surface area contributed by atoms with Crippen LogP contribution < -0.4 is 0 Å². The largest absolute Gasteiger partial charge is 0.396 e. The van der Waals surface area contributed by atoms with Gasteiger partial charge < -0.3 is 10.2 Å². The first-order chi connectivity index (χ1) is 4.31. The summed E-state index contributed by atoms with van der Waals surface area (Å²) in [5.41, 5.74) is 1.14. The summed E-state index contributed by atoms with van der Waals surface area (Å²) in [4.78, 5) is 0. The minimum atomic E-state index is 0.197. The van der Waals surface area contributed by atoms with E-state index in [-0.39, 0.29) is 13.2 Å². The lowest BCUT2D eigenvalue weighted by atomic mass is 10.2. The molecule has 0 aromatic heterocycles. The van der Waals surface area contributed by atoms with Crippen molar-refractivity contribution in [1.29, 1.82) is 0 Å². The third kappa shape index (κ3) is 5.53. The van der Waals surface area contributed by atoms with Gasteiger partial charge in [-0.3, -0.25) is 0 Å². The van der Waals surface area contributed by atoms with Crippen LogP contribution >= 0.6 is 0 Å². The molecule has 0 aromatic rings. The van der Waals surface area contributed by atoms with Gasteiger partial charge in [0.1, 0.15) is 0 Å². The maximum Gasteiger partial charge on any atom is 0.0468 e. The normalized spacial score (nSPS) is 12.1. The van der Waals surface area contributed by atoms with E-state index in [0.717, 1.165) is 12.0 Å². The minimum absolute atomic E-state index is 0.197. The van der Waals surface area contributed by atoms with E-state index in [1.807, 2.05) is 13.0 Å². The highest BCUT2D eigenvalue weighted by atomic mass is 16.3. The van der Waals surface area contributed by atoms with Crippen LogP contribution in [-0.4, -0.2) is 23.4 Å². The van der Waals surface area contributed by atoms with E-state index in [9.17, 15) is 0 Å². The molecule has 0 saturated heterocycles. The molecule has 0 spiro atoms. The monoisotopic (exact) mass is 130 g/mol. The van der Waals surface area contributed by atoms with Gasteiger partial charge in [0, 0.05) is 13.2 Å². The van der Waals surface area contributed by atoms with Gasteiger partial charge in [-0.05, 0) is 19.8 Å². The van der Waals surface area contributed by atoms with E-state index in [2.05, 4.69) is 0 Å². The topological polar surface area (TPSA) is 40.5 Å². The molecule has 0 aliphatic rings. The summed E-state index contributed by atoms with van der Waals surface area (Å²) in [5.74, 6) is 0. The van der Waals surface area contributed by atoms with Gasteiger partial charge in [-0.1, -0.05) is 11.6 Å². The maximum atomic E-state index is 8.43. The van der Waals surface area contributed by atoms with Crippen molar-refractivity contribution in [1.82, 2.24) is 0 Å². The first-order valence-electron chi connectivity index (χ1n) is 3.18. The zero-order chi connectivity index (χ0) is 7.11. The fourth-order valence-corrected chi connectivity index (χ4v) is 0.589. The second kappa shape index (κ2) is 5.79. The molecule has 0 atom stereocenters. The highest BCUT2D eigenvalue weighted by Gasteiger charge is 1.85. The summed E-state index contributed by atoms with van der Waals surface area (Å²) < 4.78 is 0. The van der Waals surface area contributed by atoms with Crippen molar-refractivity contribution in [2.75, 3.05) is 13.2 Å². The Labute approximate surface area is 55.8 Å². The van der Waals surface area contributed by atoms with Gasteiger partial charge in [-0.25, -0.2) is 0 Å². The molecular formula is C7H14O2. The van der Waals surface area contributed by atoms with Gasteiger partial charge >= 0.3 is 0 Å². The first-order valence-corrected chi connectivity index (χ1v) is 3.18. The summed E-state index contributed by atoms with van der Waals surface area (Å²) in [7, 11) is 0. The Balaban J connectivity index is 3.30. The Morgan fingerprint density at radius 2 is 2.00 bits per heavy atom. The Hall–Kier alpha value is -0.340. The first kappa shape index (κ1) is 8.66. The van der Waals surface area contributed by atoms with Crippen LogP contribution in [0.5, 0.6) is 0 Å². The number of rotatable bonds is 4. The second-order valence-corrected chi connectivity index (χ2v) is 2.04. The zero-order valence-electron chi connectivity index (χ0n) is 5.80. The molecule has 0 aromatic carbocycles. The molecule has 9 heavy (non-hydrogen) atoms. The molecule has 0 amide bonds. The molecule has 0 heterocycles. The number of aliphatic hydroxyl groups excluding tert-OH is 2. The van der Waals surface area contributed by atoms with Crippen LogP contribution in [0, 0.1) is 0 Å². The molecule has 0 radical (unpaired) electrons. The summed E-state index contributed by atoms with van der Waals surface area (Å²) in [6.07, 6.45) is 3.36. The number of hydrogen-bond donors (Lipinski definition) is 2. The van der Waals surface area contributed by atoms with Crippen LogP contribution in [0.2, 0.25) is 0 Å². The second-order valence-electron chi connectivity index (χ2n) is 2.04. The van der Waals surface area contributed by atoms with E-state index in [1.54, 1.807) is 0 Å². The smallest absolute Gasteiger partial charge is 0.0468 e. The van der Waals surface area contributed by atoms with E-state index in [4.69, 9.17) is 10.2 Å². The average molecular weight is 130 g/mol. The van der Waals surface area contributed by atoms with Crippen LogP contribution in [0.25, 0.3) is 0 Å². The van der Waals surface area contributed by atoms with Crippen LogP contribution in [-0.2, 0) is 0 Å². The molecule has 54 valence electrons. The predicted molar refractivity (Wildman–Crippen MR) is 37.2 cm³/mol. The fourth-order valence-electron chi connectivity index (χ4n) is 0.589. The molecule has 0 aliphatic heterocycles. The van der Waals surface area contributed by atoms with Crippen molar-refractivity contribution in [2.24, 2.45) is 0 Å². The van der Waals surface area contributed by atoms with Crippen molar-refractivity contribution >= 4 is 0 Å². The van der Waals surface area contributed by atoms with Crippen molar-refractivity contribution in [3.63, 3.8) is 0 Å². The average Bonchev–Trinajstić information content (AvgIpc) is 1.85. The van der Waals surface area contributed by atoms with Crippen LogP contribution in [0.3, 0.4) is 0 Å². The van der Waals surface area contributed by atoms with Crippen LogP contribution in [0.15, 0.2) is 11.6 Å². The molecule has 0 rings (SSSR count). The third-order valence-electron chi connectivity index (χ3n) is 1.13. The van der Waals surface area contributed by atoms with Crippen molar-refractivity contribution in [2.45, 2.75) is 19.8 Å². The molecule has 0 bridgehead atoms. The van der Waals surface area contributed by atoms with Gasteiger partial charge in [0.15, 0.2) is 0 Å². The quantitative estimate of drug-likeness (QED) is 0.550. The highest BCUT2D eigenvalue weighted by Crippen LogP contribution is 1.98. The highest BCUT2D eigenvalue weighted by molar-refractivity contribution is 4.97. The van der Waals surface area contributed by atoms with Crippen molar-refractivity contribution in [3.05, 3.63) is 11.6 Å². The molecule has 2 N–H and O–H groups in total. The Morgan fingerprint density at radius 3 is 2.44 bits per heavy atom. The molecular weight excluding hydrogens is 116 g/mol. The Morgan fingerprint density at radius 1 is 1.33 bits per heavy atom. The summed E-state index contributed by atoms with van der Waals surface area (Å²) >= 11 is 0. The Kier molecular flexibility index (Phi) is 5.57. The van der Waals surface area contributed by atoms with Gasteiger partial charge in [0.2, 0.25) is 0 Å². The lowest BCUT2D eigenvalue weighted by Crippen LogP contribution is -1.85. The fraction of sp³-hybridized carbons (Fsp3) is 0.714. The van der Waals surface area contributed by atoms with Crippen LogP contribution in [0.1, 0.15) is 19.8 Å². The third-order valence-corrected chi connectivity index (χ3v) is 1.13. The predicted octanol–water partition coefficient (Wildman–Crippen LogP) is 0.698. The van der Waals surface area contributed by atoms with Gasteiger partial charge in [0.05, 0.1) is 0 Å². The van der Waals surface area contributed by atoms with Crippen molar-refractivity contribution in [3.8, 4) is 0 Å². The van der Waals surface area contributed by atoms with E-state index in [1.165, 1.54) is 0 Å².